The van der Waals surface area contributed by atoms with Gasteiger partial charge in [-0.25, -0.2) is 0 Å². The molecule has 0 heterocycles. The molecule has 0 saturated heterocycles. The van der Waals surface area contributed by atoms with Crippen molar-refractivity contribution < 1.29 is 0 Å². The van der Waals surface area contributed by atoms with Crippen LogP contribution < -0.4 is 5.32 Å². The molecular formula is C16H24BrN. The van der Waals surface area contributed by atoms with E-state index in [2.05, 4.69) is 53.3 Å². The lowest BCUT2D eigenvalue weighted by Crippen LogP contribution is -2.28. The van der Waals surface area contributed by atoms with Gasteiger partial charge in [0.15, 0.2) is 0 Å². The Balaban J connectivity index is 1.87. The summed E-state index contributed by atoms with van der Waals surface area (Å²) in [4.78, 5) is 0. The standard InChI is InChI=1S/C16H24BrN/c1-12-4-3-5-15(9-7-12)18-11-14-8-6-13(2)10-16(14)17/h6,8,10,12,15,18H,3-5,7,9,11H2,1-2H3. The van der Waals surface area contributed by atoms with Crippen LogP contribution in [0.25, 0.3) is 0 Å². The molecule has 0 aliphatic heterocycles. The van der Waals surface area contributed by atoms with Gasteiger partial charge in [-0.05, 0) is 49.3 Å². The summed E-state index contributed by atoms with van der Waals surface area (Å²) < 4.78 is 1.23. The van der Waals surface area contributed by atoms with Gasteiger partial charge in [-0.15, -0.1) is 0 Å². The summed E-state index contributed by atoms with van der Waals surface area (Å²) in [5, 5.41) is 3.73. The van der Waals surface area contributed by atoms with Gasteiger partial charge in [0.2, 0.25) is 0 Å². The van der Waals surface area contributed by atoms with E-state index in [1.165, 1.54) is 47.7 Å². The van der Waals surface area contributed by atoms with Gasteiger partial charge in [-0.1, -0.05) is 47.8 Å². The van der Waals surface area contributed by atoms with Crippen molar-refractivity contribution in [2.24, 2.45) is 5.92 Å². The van der Waals surface area contributed by atoms with E-state index in [9.17, 15) is 0 Å². The van der Waals surface area contributed by atoms with Crippen LogP contribution in [0.1, 0.15) is 50.2 Å². The first-order chi connectivity index (χ1) is 8.65. The lowest BCUT2D eigenvalue weighted by molar-refractivity contribution is 0.447. The maximum absolute atomic E-state index is 3.73. The van der Waals surface area contributed by atoms with Crippen LogP contribution in [0.15, 0.2) is 22.7 Å². The number of hydrogen-bond acceptors (Lipinski definition) is 1. The SMILES string of the molecule is Cc1ccc(CNC2CCCC(C)CC2)c(Br)c1. The Hall–Kier alpha value is -0.340. The van der Waals surface area contributed by atoms with Crippen molar-refractivity contribution in [1.82, 2.24) is 5.32 Å². The molecule has 0 amide bonds. The lowest BCUT2D eigenvalue weighted by atomic mass is 10.0. The molecule has 1 aromatic rings. The van der Waals surface area contributed by atoms with Crippen molar-refractivity contribution >= 4 is 15.9 Å². The monoisotopic (exact) mass is 309 g/mol. The van der Waals surface area contributed by atoms with Gasteiger partial charge in [0, 0.05) is 17.1 Å². The van der Waals surface area contributed by atoms with Crippen LogP contribution in [0.4, 0.5) is 0 Å². The number of aryl methyl sites for hydroxylation is 1. The average molecular weight is 310 g/mol. The molecule has 0 spiro atoms. The van der Waals surface area contributed by atoms with Crippen LogP contribution in [-0.4, -0.2) is 6.04 Å². The van der Waals surface area contributed by atoms with E-state index in [1.54, 1.807) is 0 Å². The van der Waals surface area contributed by atoms with Crippen LogP contribution in [-0.2, 0) is 6.54 Å². The summed E-state index contributed by atoms with van der Waals surface area (Å²) in [6.45, 7) is 5.51. The summed E-state index contributed by atoms with van der Waals surface area (Å²) in [5.74, 6) is 0.919. The van der Waals surface area contributed by atoms with Crippen LogP contribution >= 0.6 is 15.9 Å². The van der Waals surface area contributed by atoms with E-state index in [0.717, 1.165) is 12.5 Å². The number of halogens is 1. The predicted octanol–water partition coefficient (Wildman–Crippen LogP) is 4.82. The molecule has 0 radical (unpaired) electrons. The predicted molar refractivity (Wildman–Crippen MR) is 81.8 cm³/mol. The van der Waals surface area contributed by atoms with E-state index < -0.39 is 0 Å². The normalized spacial score (nSPS) is 24.8. The highest BCUT2D eigenvalue weighted by Gasteiger charge is 2.15. The van der Waals surface area contributed by atoms with E-state index in [-0.39, 0.29) is 0 Å². The molecule has 1 aliphatic carbocycles. The third-order valence-electron chi connectivity index (χ3n) is 4.05. The minimum absolute atomic E-state index is 0.711. The average Bonchev–Trinajstić information content (AvgIpc) is 2.53. The zero-order valence-corrected chi connectivity index (χ0v) is 13.1. The largest absolute Gasteiger partial charge is 0.310 e. The van der Waals surface area contributed by atoms with Gasteiger partial charge in [-0.3, -0.25) is 0 Å². The Kier molecular flexibility index (Phi) is 5.25. The molecule has 0 bridgehead atoms. The fraction of sp³-hybridized carbons (Fsp3) is 0.625. The van der Waals surface area contributed by atoms with Gasteiger partial charge in [0.1, 0.15) is 0 Å². The van der Waals surface area contributed by atoms with E-state index in [0.29, 0.717) is 6.04 Å². The Labute approximate surface area is 119 Å². The summed E-state index contributed by atoms with van der Waals surface area (Å²) >= 11 is 3.66. The third-order valence-corrected chi connectivity index (χ3v) is 4.79. The van der Waals surface area contributed by atoms with E-state index in [4.69, 9.17) is 0 Å². The van der Waals surface area contributed by atoms with Crippen LogP contribution in [0.3, 0.4) is 0 Å². The highest BCUT2D eigenvalue weighted by atomic mass is 79.9. The molecule has 2 heteroatoms. The molecule has 18 heavy (non-hydrogen) atoms. The van der Waals surface area contributed by atoms with Crippen molar-refractivity contribution in [3.05, 3.63) is 33.8 Å². The smallest absolute Gasteiger partial charge is 0.0222 e. The number of rotatable bonds is 3. The number of hydrogen-bond donors (Lipinski definition) is 1. The van der Waals surface area contributed by atoms with Crippen molar-refractivity contribution in [3.63, 3.8) is 0 Å². The molecular weight excluding hydrogens is 286 g/mol. The zero-order valence-electron chi connectivity index (χ0n) is 11.5. The molecule has 2 rings (SSSR count). The first kappa shape index (κ1) is 14.1. The fourth-order valence-corrected chi connectivity index (χ4v) is 3.37. The van der Waals surface area contributed by atoms with E-state index >= 15 is 0 Å². The van der Waals surface area contributed by atoms with Gasteiger partial charge >= 0.3 is 0 Å². The molecule has 1 aliphatic rings. The molecule has 1 saturated carbocycles. The van der Waals surface area contributed by atoms with Crippen LogP contribution in [0.5, 0.6) is 0 Å². The fourth-order valence-electron chi connectivity index (χ4n) is 2.74. The van der Waals surface area contributed by atoms with Crippen molar-refractivity contribution in [3.8, 4) is 0 Å². The van der Waals surface area contributed by atoms with Crippen LogP contribution in [0.2, 0.25) is 0 Å². The summed E-state index contributed by atoms with van der Waals surface area (Å²) in [6, 6.07) is 7.33. The molecule has 1 N–H and O–H groups in total. The molecule has 2 atom stereocenters. The summed E-state index contributed by atoms with van der Waals surface area (Å²) in [7, 11) is 0. The minimum atomic E-state index is 0.711. The maximum atomic E-state index is 3.73. The highest BCUT2D eigenvalue weighted by Crippen LogP contribution is 2.23. The minimum Gasteiger partial charge on any atom is -0.310 e. The van der Waals surface area contributed by atoms with Crippen LogP contribution in [0, 0.1) is 12.8 Å². The second-order valence-corrected chi connectivity index (χ2v) is 6.64. The zero-order chi connectivity index (χ0) is 13.0. The Bertz CT molecular complexity index is 389. The molecule has 1 fully saturated rings. The highest BCUT2D eigenvalue weighted by molar-refractivity contribution is 9.10. The molecule has 2 unspecified atom stereocenters. The number of nitrogens with one attached hydrogen (secondary N) is 1. The Morgan fingerprint density at radius 2 is 2.06 bits per heavy atom. The molecule has 1 aromatic carbocycles. The second-order valence-electron chi connectivity index (χ2n) is 5.79. The first-order valence-corrected chi connectivity index (χ1v) is 7.93. The third kappa shape index (κ3) is 4.10. The van der Waals surface area contributed by atoms with Crippen molar-refractivity contribution in [1.29, 1.82) is 0 Å². The first-order valence-electron chi connectivity index (χ1n) is 7.13. The lowest BCUT2D eigenvalue weighted by Gasteiger charge is -2.17. The maximum Gasteiger partial charge on any atom is 0.0222 e. The molecule has 100 valence electrons. The van der Waals surface area contributed by atoms with Gasteiger partial charge < -0.3 is 5.32 Å². The van der Waals surface area contributed by atoms with Gasteiger partial charge in [0.05, 0.1) is 0 Å². The molecule has 0 aromatic heterocycles. The van der Waals surface area contributed by atoms with Gasteiger partial charge in [0.25, 0.3) is 0 Å². The Morgan fingerprint density at radius 1 is 1.22 bits per heavy atom. The van der Waals surface area contributed by atoms with Gasteiger partial charge in [-0.2, -0.15) is 0 Å². The summed E-state index contributed by atoms with van der Waals surface area (Å²) in [5.41, 5.74) is 2.69. The number of benzene rings is 1. The Morgan fingerprint density at radius 3 is 2.83 bits per heavy atom. The topological polar surface area (TPSA) is 12.0 Å². The quantitative estimate of drug-likeness (QED) is 0.790. The second kappa shape index (κ2) is 6.72. The summed E-state index contributed by atoms with van der Waals surface area (Å²) in [6.07, 6.45) is 6.85. The molecule has 1 nitrogen and oxygen atoms in total. The van der Waals surface area contributed by atoms with Crippen molar-refractivity contribution in [2.75, 3.05) is 0 Å². The van der Waals surface area contributed by atoms with E-state index in [1.807, 2.05) is 0 Å². The van der Waals surface area contributed by atoms with Crippen molar-refractivity contribution in [2.45, 2.75) is 58.5 Å².